The first-order valence-corrected chi connectivity index (χ1v) is 33.1. The smallest absolute Gasteiger partial charge is 0.326 e. The van der Waals surface area contributed by atoms with Gasteiger partial charge in [0.25, 0.3) is 0 Å². The summed E-state index contributed by atoms with van der Waals surface area (Å²) in [5.41, 5.74) is 6.52. The molecule has 11 atom stereocenters. The molecule has 32 heteroatoms. The molecule has 16 N–H and O–H groups in total. The Morgan fingerprint density at radius 2 is 0.850 bits per heavy atom. The van der Waals surface area contributed by atoms with Crippen LogP contribution in [-0.4, -0.2) is 203 Å². The van der Waals surface area contributed by atoms with Crippen molar-refractivity contribution in [1.82, 2.24) is 52.3 Å². The topological polar surface area (TPSA) is 506 Å². The molecule has 2 saturated heterocycles. The van der Waals surface area contributed by atoms with Gasteiger partial charge in [-0.05, 0) is 104 Å². The Labute approximate surface area is 576 Å². The predicted molar refractivity (Wildman–Crippen MR) is 354 cm³/mol. The van der Waals surface area contributed by atoms with E-state index in [-0.39, 0.29) is 88.3 Å². The van der Waals surface area contributed by atoms with Crippen molar-refractivity contribution in [1.29, 1.82) is 0 Å². The van der Waals surface area contributed by atoms with Crippen molar-refractivity contribution in [3.63, 3.8) is 0 Å². The number of phenols is 2. The zero-order valence-corrected chi connectivity index (χ0v) is 56.1. The maximum atomic E-state index is 14.9. The van der Waals surface area contributed by atoms with E-state index >= 15 is 0 Å². The molecule has 11 amide bonds. The number of rotatable bonds is 40. The van der Waals surface area contributed by atoms with Gasteiger partial charge in [-0.25, -0.2) is 4.79 Å². The molecule has 3 aromatic rings. The molecule has 0 aromatic heterocycles. The molecule has 0 spiro atoms. The van der Waals surface area contributed by atoms with Crippen LogP contribution in [0.3, 0.4) is 0 Å². The van der Waals surface area contributed by atoms with E-state index in [9.17, 15) is 97.5 Å². The van der Waals surface area contributed by atoms with Crippen LogP contribution in [-0.2, 0) is 91.2 Å². The van der Waals surface area contributed by atoms with Gasteiger partial charge in [-0.3, -0.25) is 67.1 Å². The first kappa shape index (κ1) is 80.0. The van der Waals surface area contributed by atoms with Crippen molar-refractivity contribution in [2.45, 2.75) is 197 Å². The summed E-state index contributed by atoms with van der Waals surface area (Å²) in [6.07, 6.45) is -4.09. The Kier molecular flexibility index (Phi) is 31.2. The fourth-order valence-corrected chi connectivity index (χ4v) is 11.6. The molecular formula is C68H91N11O21. The zero-order valence-electron chi connectivity index (χ0n) is 56.1. The molecule has 2 heterocycles. The van der Waals surface area contributed by atoms with E-state index in [1.165, 1.54) is 53.4 Å². The highest BCUT2D eigenvalue weighted by Gasteiger charge is 2.44. The lowest BCUT2D eigenvalue weighted by atomic mass is 9.96. The number of amides is 11. The number of nitrogens with zero attached hydrogens (tertiary/aromatic N) is 2. The van der Waals surface area contributed by atoms with Gasteiger partial charge in [-0.1, -0.05) is 88.7 Å². The van der Waals surface area contributed by atoms with E-state index in [1.54, 1.807) is 58.0 Å². The number of nitrogens with one attached hydrogen (secondary N) is 8. The number of aromatic hydroxyl groups is 2. The normalized spacial score (nSPS) is 16.9. The standard InChI is InChI=1S/C68H91N11O21/c1-5-38(4)58(77-65(96)52-14-9-31-78(52)66(97)45(25-29-56(86)87)72-61(92)48(34-39-11-7-6-8-12-39)70-54(83)27-30-57(88)89)67(98)79-32-10-13-51(79)64(95)71-44(24-28-55(84)85)59(90)75-49(35-40-15-19-42(80)20-16-40)63(94)76-50(36-41-17-21-43(81)22-18-41)62(93)74-47(33-37(2)3)60(91)73-46(68(99)100)23-26-53(69)82/h6-8,11-12,15-22,37-38,44-52,58,80-81H,5,9-10,13-14,23-36H2,1-4H3,(H2,69,82)(H,70,83)(H,71,95)(H,72,92)(H,73,91)(H,74,93)(H,75,90)(H,76,94)(H,77,96)(H,84,85)(H,86,87)(H,88,89)(H,99,100)/t38-,44-,45-,46-,47-,48-,49-,50-,51-,52-,58-/m0/s1. The number of hydrogen-bond acceptors (Lipinski definition) is 17. The lowest BCUT2D eigenvalue weighted by molar-refractivity contribution is -0.146. The van der Waals surface area contributed by atoms with E-state index < -0.39 is 200 Å². The third kappa shape index (κ3) is 25.6. The maximum Gasteiger partial charge on any atom is 0.326 e. The van der Waals surface area contributed by atoms with E-state index in [2.05, 4.69) is 42.5 Å². The third-order valence-electron chi connectivity index (χ3n) is 17.1. The van der Waals surface area contributed by atoms with Gasteiger partial charge in [0.2, 0.25) is 65.0 Å². The van der Waals surface area contributed by atoms with Crippen molar-refractivity contribution in [2.75, 3.05) is 13.1 Å². The largest absolute Gasteiger partial charge is 0.508 e. The number of likely N-dealkylation sites (tertiary alicyclic amines) is 2. The molecule has 2 fully saturated rings. The van der Waals surface area contributed by atoms with Gasteiger partial charge in [0.1, 0.15) is 71.9 Å². The Morgan fingerprint density at radius 3 is 1.31 bits per heavy atom. The maximum absolute atomic E-state index is 14.9. The van der Waals surface area contributed by atoms with Gasteiger partial charge in [0, 0.05) is 58.0 Å². The third-order valence-corrected chi connectivity index (χ3v) is 17.1. The van der Waals surface area contributed by atoms with E-state index in [0.29, 0.717) is 23.1 Å². The molecule has 5 rings (SSSR count). The summed E-state index contributed by atoms with van der Waals surface area (Å²) >= 11 is 0. The number of hydrogen-bond donors (Lipinski definition) is 15. The highest BCUT2D eigenvalue weighted by Crippen LogP contribution is 2.26. The summed E-state index contributed by atoms with van der Waals surface area (Å²) in [7, 11) is 0. The molecule has 2 aliphatic heterocycles. The highest BCUT2D eigenvalue weighted by molar-refractivity contribution is 6.00. The Balaban J connectivity index is 1.38. The summed E-state index contributed by atoms with van der Waals surface area (Å²) in [5.74, 6) is -16.6. The zero-order chi connectivity index (χ0) is 73.9. The number of nitrogens with two attached hydrogens (primary N) is 1. The van der Waals surface area contributed by atoms with Crippen molar-refractivity contribution < 1.29 is 103 Å². The number of phenolic OH excluding ortho intramolecular Hbond substituents is 2. The second-order valence-corrected chi connectivity index (χ2v) is 25.4. The minimum atomic E-state index is -1.72. The van der Waals surface area contributed by atoms with Crippen molar-refractivity contribution in [3.05, 3.63) is 95.6 Å². The van der Waals surface area contributed by atoms with Crippen LogP contribution >= 0.6 is 0 Å². The number of primary amides is 1. The number of carboxylic acid groups (broad SMARTS) is 4. The Bertz CT molecular complexity index is 3410. The number of carbonyl (C=O) groups is 15. The highest BCUT2D eigenvalue weighted by atomic mass is 16.4. The van der Waals surface area contributed by atoms with Gasteiger partial charge in [-0.2, -0.15) is 0 Å². The minimum absolute atomic E-state index is 0.0179. The fraction of sp³-hybridized carbons (Fsp3) is 0.515. The van der Waals surface area contributed by atoms with E-state index in [0.717, 1.165) is 4.90 Å². The van der Waals surface area contributed by atoms with Gasteiger partial charge in [0.05, 0.1) is 6.42 Å². The molecule has 0 saturated carbocycles. The monoisotopic (exact) mass is 1400 g/mol. The molecule has 0 radical (unpaired) electrons. The first-order valence-electron chi connectivity index (χ1n) is 33.1. The van der Waals surface area contributed by atoms with Gasteiger partial charge in [-0.15, -0.1) is 0 Å². The fourth-order valence-electron chi connectivity index (χ4n) is 11.6. The molecule has 3 aromatic carbocycles. The van der Waals surface area contributed by atoms with Crippen LogP contribution in [0.2, 0.25) is 0 Å². The van der Waals surface area contributed by atoms with E-state index in [1.807, 2.05) is 0 Å². The van der Waals surface area contributed by atoms with Crippen molar-refractivity contribution in [2.24, 2.45) is 17.6 Å². The minimum Gasteiger partial charge on any atom is -0.508 e. The average molecular weight is 1400 g/mol. The SMILES string of the molecule is CC[C@H](C)[C@H](NC(=O)[C@@H]1CCCN1C(=O)[C@H](CCC(=O)O)NC(=O)[C@H](Cc1ccccc1)NC(=O)CCC(=O)O)C(=O)N1CCC[C@H]1C(=O)N[C@@H](CCC(=O)O)C(=O)N[C@@H](Cc1ccc(O)cc1)C(=O)N[C@@H](Cc1ccc(O)cc1)C(=O)N[C@@H](CC(C)C)C(=O)N[C@@H](CCC(N)=O)C(=O)O. The number of carbonyl (C=O) groups excluding carboxylic acids is 11. The van der Waals surface area contributed by atoms with Crippen LogP contribution in [0.1, 0.15) is 134 Å². The second-order valence-electron chi connectivity index (χ2n) is 25.4. The lowest BCUT2D eigenvalue weighted by Gasteiger charge is -2.34. The van der Waals surface area contributed by atoms with Gasteiger partial charge < -0.3 is 88.7 Å². The molecule has 0 aliphatic carbocycles. The summed E-state index contributed by atoms with van der Waals surface area (Å²) in [6.45, 7) is 6.76. The Hall–Kier alpha value is -10.7. The van der Waals surface area contributed by atoms with E-state index in [4.69, 9.17) is 10.8 Å². The van der Waals surface area contributed by atoms with Crippen LogP contribution in [0.15, 0.2) is 78.9 Å². The van der Waals surface area contributed by atoms with Gasteiger partial charge >= 0.3 is 23.9 Å². The van der Waals surface area contributed by atoms with Crippen molar-refractivity contribution in [3.8, 4) is 11.5 Å². The quantitative estimate of drug-likeness (QED) is 0.0357. The molecule has 544 valence electrons. The predicted octanol–water partition coefficient (Wildman–Crippen LogP) is 0.0228. The summed E-state index contributed by atoms with van der Waals surface area (Å²) in [5, 5.41) is 79.3. The molecule has 0 bridgehead atoms. The van der Waals surface area contributed by atoms with Crippen LogP contribution in [0, 0.1) is 11.8 Å². The van der Waals surface area contributed by atoms with Gasteiger partial charge in [0.15, 0.2) is 0 Å². The number of aliphatic carboxylic acids is 4. The molecule has 0 unspecified atom stereocenters. The summed E-state index contributed by atoms with van der Waals surface area (Å²) in [4.78, 5) is 204. The summed E-state index contributed by atoms with van der Waals surface area (Å²) in [6, 6.07) is 4.52. The second kappa shape index (κ2) is 39.0. The van der Waals surface area contributed by atoms with Crippen LogP contribution in [0.4, 0.5) is 0 Å². The lowest BCUT2D eigenvalue weighted by Crippen LogP contribution is -2.61. The number of benzene rings is 3. The first-order chi connectivity index (χ1) is 47.3. The summed E-state index contributed by atoms with van der Waals surface area (Å²) < 4.78 is 0. The van der Waals surface area contributed by atoms with Crippen LogP contribution < -0.4 is 48.3 Å². The van der Waals surface area contributed by atoms with Crippen molar-refractivity contribution >= 4 is 88.9 Å². The average Bonchev–Trinajstić information content (AvgIpc) is 1.61. The number of carboxylic acids is 4. The molecule has 2 aliphatic rings. The molecular weight excluding hydrogens is 1310 g/mol. The van der Waals surface area contributed by atoms with Crippen LogP contribution in [0.25, 0.3) is 0 Å². The molecule has 100 heavy (non-hydrogen) atoms. The molecule has 32 nitrogen and oxygen atoms in total. The van der Waals surface area contributed by atoms with Crippen LogP contribution in [0.5, 0.6) is 11.5 Å². The Morgan fingerprint density at radius 1 is 0.450 bits per heavy atom.